The number of aromatic nitrogens is 3. The van der Waals surface area contributed by atoms with E-state index in [0.717, 1.165) is 45.5 Å². The lowest BCUT2D eigenvalue weighted by molar-refractivity contribution is 0.0899. The molecule has 0 radical (unpaired) electrons. The molecule has 4 heterocycles. The fourth-order valence-electron chi connectivity index (χ4n) is 4.33. The van der Waals surface area contributed by atoms with Crippen LogP contribution in [-0.2, 0) is 11.5 Å². The number of rotatable bonds is 6. The number of pyridine rings is 1. The van der Waals surface area contributed by atoms with Crippen LogP contribution in [0.4, 0.5) is 4.79 Å². The van der Waals surface area contributed by atoms with Gasteiger partial charge in [-0.2, -0.15) is 0 Å². The molecule has 3 aromatic heterocycles. The van der Waals surface area contributed by atoms with Crippen molar-refractivity contribution < 1.29 is 14.6 Å². The molecular formula is C22H31BrN4O3Si. The van der Waals surface area contributed by atoms with Crippen molar-refractivity contribution >= 4 is 52.0 Å². The second-order valence-corrected chi connectivity index (χ2v) is 16.3. The van der Waals surface area contributed by atoms with Crippen LogP contribution in [0, 0.1) is 5.92 Å². The summed E-state index contributed by atoms with van der Waals surface area (Å²) in [5, 5.41) is 11.6. The molecule has 1 fully saturated rings. The number of hydrogen-bond acceptors (Lipinski definition) is 3. The van der Waals surface area contributed by atoms with E-state index in [0.29, 0.717) is 25.7 Å². The van der Waals surface area contributed by atoms with Crippen molar-refractivity contribution in [3.05, 3.63) is 29.1 Å². The summed E-state index contributed by atoms with van der Waals surface area (Å²) in [6.45, 7) is 11.6. The normalized spacial score (nSPS) is 20.1. The molecule has 1 aliphatic rings. The van der Waals surface area contributed by atoms with Gasteiger partial charge in [0, 0.05) is 61.6 Å². The van der Waals surface area contributed by atoms with Crippen LogP contribution in [0.25, 0.3) is 21.9 Å². The molecule has 168 valence electrons. The van der Waals surface area contributed by atoms with Gasteiger partial charge in [-0.15, -0.1) is 0 Å². The van der Waals surface area contributed by atoms with Crippen molar-refractivity contribution in [3.63, 3.8) is 0 Å². The molecule has 1 amide bonds. The number of hydrogen-bond donors (Lipinski definition) is 1. The largest absolute Gasteiger partial charge is 0.465 e. The number of nitrogens with zero attached hydrogens (tertiary/aromatic N) is 4. The molecule has 1 saturated heterocycles. The van der Waals surface area contributed by atoms with E-state index in [-0.39, 0.29) is 6.04 Å². The molecule has 7 nitrogen and oxygen atoms in total. The second kappa shape index (κ2) is 8.59. The number of likely N-dealkylation sites (tertiary alicyclic amines) is 1. The van der Waals surface area contributed by atoms with Crippen LogP contribution >= 0.6 is 15.9 Å². The molecule has 0 aliphatic carbocycles. The topological polar surface area (TPSA) is 72.5 Å². The molecule has 0 spiro atoms. The van der Waals surface area contributed by atoms with Crippen LogP contribution in [0.15, 0.2) is 29.1 Å². The van der Waals surface area contributed by atoms with Gasteiger partial charge in [-0.05, 0) is 40.4 Å². The highest BCUT2D eigenvalue weighted by Crippen LogP contribution is 2.37. The molecule has 4 rings (SSSR count). The Morgan fingerprint density at radius 1 is 1.35 bits per heavy atom. The minimum atomic E-state index is -1.12. The molecule has 0 bridgehead atoms. The molecule has 31 heavy (non-hydrogen) atoms. The molecule has 1 aliphatic heterocycles. The van der Waals surface area contributed by atoms with Gasteiger partial charge < -0.3 is 23.9 Å². The van der Waals surface area contributed by atoms with Crippen LogP contribution in [0.3, 0.4) is 0 Å². The fourth-order valence-corrected chi connectivity index (χ4v) is 5.59. The molecule has 0 aromatic carbocycles. The monoisotopic (exact) mass is 506 g/mol. The van der Waals surface area contributed by atoms with Gasteiger partial charge in [-0.3, -0.25) is 0 Å². The van der Waals surface area contributed by atoms with Crippen molar-refractivity contribution in [3.8, 4) is 0 Å². The molecular weight excluding hydrogens is 476 g/mol. The summed E-state index contributed by atoms with van der Waals surface area (Å²) in [6, 6.07) is 3.32. The number of fused-ring (bicyclic) bond motifs is 3. The predicted molar refractivity (Wildman–Crippen MR) is 129 cm³/mol. The van der Waals surface area contributed by atoms with Gasteiger partial charge in [0.05, 0.1) is 11.6 Å². The standard InChI is InChI=1S/C22H31BrN4O3Si/c1-15-5-7-25(22(28)29)13-19(15)27-12-18(23)17-11-24-21-16(20(17)27)6-8-26(21)14-30-9-10-31(2,3)4/h6,8,11-12,15,19H,5,7,9-10,13-14H2,1-4H3,(H,28,29)/t15-,19+/m1/s1. The number of halogens is 1. The first-order chi connectivity index (χ1) is 14.7. The summed E-state index contributed by atoms with van der Waals surface area (Å²) in [5.41, 5.74) is 1.99. The van der Waals surface area contributed by atoms with Crippen molar-refractivity contribution in [2.24, 2.45) is 5.92 Å². The van der Waals surface area contributed by atoms with Crippen molar-refractivity contribution in [2.75, 3.05) is 19.7 Å². The summed E-state index contributed by atoms with van der Waals surface area (Å²) in [6.07, 6.45) is 6.03. The van der Waals surface area contributed by atoms with Crippen molar-refractivity contribution in [1.82, 2.24) is 19.0 Å². The average molecular weight is 508 g/mol. The molecule has 1 N–H and O–H groups in total. The summed E-state index contributed by atoms with van der Waals surface area (Å²) < 4.78 is 11.2. The van der Waals surface area contributed by atoms with E-state index in [1.165, 1.54) is 4.90 Å². The average Bonchev–Trinajstić information content (AvgIpc) is 3.26. The van der Waals surface area contributed by atoms with Gasteiger partial charge in [0.2, 0.25) is 0 Å². The number of piperidine rings is 1. The zero-order chi connectivity index (χ0) is 22.3. The lowest BCUT2D eigenvalue weighted by Crippen LogP contribution is -2.43. The summed E-state index contributed by atoms with van der Waals surface area (Å²) in [7, 11) is -1.12. The SMILES string of the molecule is C[C@@H]1CCN(C(=O)O)C[C@@H]1n1cc(Br)c2cnc3c(ccn3COCC[Si](C)(C)C)c21. The van der Waals surface area contributed by atoms with Gasteiger partial charge in [-0.1, -0.05) is 26.6 Å². The fraction of sp³-hybridized carbons (Fsp3) is 0.545. The van der Waals surface area contributed by atoms with Gasteiger partial charge in [-0.25, -0.2) is 9.78 Å². The zero-order valence-electron chi connectivity index (χ0n) is 18.6. The van der Waals surface area contributed by atoms with Crippen molar-refractivity contribution in [2.45, 2.75) is 51.8 Å². The third kappa shape index (κ3) is 4.54. The lowest BCUT2D eigenvalue weighted by Gasteiger charge is -2.36. The summed E-state index contributed by atoms with van der Waals surface area (Å²) in [5.74, 6) is 0.383. The van der Waals surface area contributed by atoms with Crippen LogP contribution in [0.1, 0.15) is 19.4 Å². The maximum Gasteiger partial charge on any atom is 0.407 e. The highest BCUT2D eigenvalue weighted by Gasteiger charge is 2.31. The van der Waals surface area contributed by atoms with Crippen LogP contribution in [0.5, 0.6) is 0 Å². The Bertz CT molecular complexity index is 1100. The van der Waals surface area contributed by atoms with Crippen LogP contribution < -0.4 is 0 Å². The molecule has 3 aromatic rings. The first-order valence-corrected chi connectivity index (χ1v) is 15.4. The van der Waals surface area contributed by atoms with Gasteiger partial charge in [0.1, 0.15) is 12.4 Å². The molecule has 0 unspecified atom stereocenters. The quantitative estimate of drug-likeness (QED) is 0.347. The second-order valence-electron chi connectivity index (χ2n) is 9.84. The van der Waals surface area contributed by atoms with Gasteiger partial charge >= 0.3 is 6.09 Å². The smallest absolute Gasteiger partial charge is 0.407 e. The lowest BCUT2D eigenvalue weighted by atomic mass is 9.93. The van der Waals surface area contributed by atoms with Gasteiger partial charge in [0.15, 0.2) is 0 Å². The minimum Gasteiger partial charge on any atom is -0.465 e. The Morgan fingerprint density at radius 3 is 2.84 bits per heavy atom. The first kappa shape index (κ1) is 22.4. The summed E-state index contributed by atoms with van der Waals surface area (Å²) >= 11 is 3.69. The van der Waals surface area contributed by atoms with E-state index in [9.17, 15) is 9.90 Å². The van der Waals surface area contributed by atoms with Gasteiger partial charge in [0.25, 0.3) is 0 Å². The Kier molecular flexibility index (Phi) is 6.20. The minimum absolute atomic E-state index is 0.0839. The van der Waals surface area contributed by atoms with Crippen molar-refractivity contribution in [1.29, 1.82) is 0 Å². The Balaban J connectivity index is 1.68. The Morgan fingerprint density at radius 2 is 2.13 bits per heavy atom. The Labute approximate surface area is 192 Å². The maximum atomic E-state index is 11.6. The molecule has 0 saturated carbocycles. The zero-order valence-corrected chi connectivity index (χ0v) is 21.2. The highest BCUT2D eigenvalue weighted by molar-refractivity contribution is 9.10. The third-order valence-corrected chi connectivity index (χ3v) is 8.64. The van der Waals surface area contributed by atoms with E-state index < -0.39 is 14.2 Å². The Hall–Kier alpha value is -1.84. The van der Waals surface area contributed by atoms with Crippen LogP contribution in [-0.4, -0.2) is 58.0 Å². The van der Waals surface area contributed by atoms with E-state index >= 15 is 0 Å². The predicted octanol–water partition coefficient (Wildman–Crippen LogP) is 5.63. The van der Waals surface area contributed by atoms with E-state index in [1.807, 2.05) is 12.4 Å². The summed E-state index contributed by atoms with van der Waals surface area (Å²) in [4.78, 5) is 17.8. The number of amides is 1. The first-order valence-electron chi connectivity index (χ1n) is 10.9. The number of carboxylic acid groups (broad SMARTS) is 1. The molecule has 2 atom stereocenters. The molecule has 9 heteroatoms. The maximum absolute atomic E-state index is 11.6. The third-order valence-electron chi connectivity index (χ3n) is 6.30. The number of carbonyl (C=O) groups is 1. The van der Waals surface area contributed by atoms with E-state index in [4.69, 9.17) is 9.72 Å². The number of ether oxygens (including phenoxy) is 1. The van der Waals surface area contributed by atoms with E-state index in [2.05, 4.69) is 63.9 Å². The van der Waals surface area contributed by atoms with Crippen LogP contribution in [0.2, 0.25) is 25.7 Å². The highest BCUT2D eigenvalue weighted by atomic mass is 79.9. The van der Waals surface area contributed by atoms with E-state index in [1.54, 1.807) is 0 Å².